The molecule has 1 aromatic carbocycles. The summed E-state index contributed by atoms with van der Waals surface area (Å²) in [5.41, 5.74) is 2.13. The second kappa shape index (κ2) is 5.34. The standard InChI is InChI=1S/C14H19NO2/c1-3-15(4-2)9-11-5-6-14-12(7-11)8-13(10-16)17-14/h5-8,16H,3-4,9-10H2,1-2H3. The van der Waals surface area contributed by atoms with Crippen LogP contribution in [0.15, 0.2) is 28.7 Å². The number of hydrogen-bond donors (Lipinski definition) is 1. The molecule has 17 heavy (non-hydrogen) atoms. The molecule has 3 heteroatoms. The summed E-state index contributed by atoms with van der Waals surface area (Å²) in [7, 11) is 0. The van der Waals surface area contributed by atoms with Gasteiger partial charge in [0.05, 0.1) is 0 Å². The third-order valence-electron chi connectivity index (χ3n) is 3.09. The molecule has 3 nitrogen and oxygen atoms in total. The Balaban J connectivity index is 2.24. The summed E-state index contributed by atoms with van der Waals surface area (Å²) in [6, 6.07) is 8.11. The van der Waals surface area contributed by atoms with Crippen molar-refractivity contribution in [1.29, 1.82) is 0 Å². The Morgan fingerprint density at radius 2 is 1.94 bits per heavy atom. The maximum Gasteiger partial charge on any atom is 0.134 e. The summed E-state index contributed by atoms with van der Waals surface area (Å²) < 4.78 is 5.47. The highest BCUT2D eigenvalue weighted by Crippen LogP contribution is 2.21. The van der Waals surface area contributed by atoms with Gasteiger partial charge in [0.1, 0.15) is 18.0 Å². The van der Waals surface area contributed by atoms with Crippen LogP contribution in [0.5, 0.6) is 0 Å². The third kappa shape index (κ3) is 2.68. The SMILES string of the molecule is CCN(CC)Cc1ccc2oc(CO)cc2c1. The van der Waals surface area contributed by atoms with E-state index < -0.39 is 0 Å². The summed E-state index contributed by atoms with van der Waals surface area (Å²) in [6.07, 6.45) is 0. The minimum Gasteiger partial charge on any atom is -0.459 e. The van der Waals surface area contributed by atoms with Crippen molar-refractivity contribution >= 4 is 11.0 Å². The van der Waals surface area contributed by atoms with Crippen LogP contribution in [-0.2, 0) is 13.2 Å². The van der Waals surface area contributed by atoms with E-state index in [1.165, 1.54) is 5.56 Å². The van der Waals surface area contributed by atoms with Crippen LogP contribution >= 0.6 is 0 Å². The van der Waals surface area contributed by atoms with Gasteiger partial charge in [0.15, 0.2) is 0 Å². The maximum atomic E-state index is 9.03. The van der Waals surface area contributed by atoms with Crippen LogP contribution in [0, 0.1) is 0 Å². The van der Waals surface area contributed by atoms with Crippen LogP contribution in [0.1, 0.15) is 25.2 Å². The molecular weight excluding hydrogens is 214 g/mol. The quantitative estimate of drug-likeness (QED) is 0.862. The van der Waals surface area contributed by atoms with Gasteiger partial charge in [-0.2, -0.15) is 0 Å². The molecule has 92 valence electrons. The molecule has 0 saturated carbocycles. The lowest BCUT2D eigenvalue weighted by atomic mass is 10.1. The summed E-state index contributed by atoms with van der Waals surface area (Å²) in [5, 5.41) is 10.1. The van der Waals surface area contributed by atoms with E-state index in [9.17, 15) is 0 Å². The van der Waals surface area contributed by atoms with E-state index in [0.29, 0.717) is 5.76 Å². The topological polar surface area (TPSA) is 36.6 Å². The van der Waals surface area contributed by atoms with Crippen LogP contribution in [0.3, 0.4) is 0 Å². The first-order valence-corrected chi connectivity index (χ1v) is 6.11. The number of hydrogen-bond acceptors (Lipinski definition) is 3. The normalized spacial score (nSPS) is 11.5. The molecule has 0 radical (unpaired) electrons. The molecule has 1 heterocycles. The van der Waals surface area contributed by atoms with Gasteiger partial charge in [-0.3, -0.25) is 4.90 Å². The third-order valence-corrected chi connectivity index (χ3v) is 3.09. The highest BCUT2D eigenvalue weighted by molar-refractivity contribution is 5.78. The highest BCUT2D eigenvalue weighted by Gasteiger charge is 2.05. The van der Waals surface area contributed by atoms with Crippen LogP contribution in [0.4, 0.5) is 0 Å². The maximum absolute atomic E-state index is 9.03. The fourth-order valence-corrected chi connectivity index (χ4v) is 2.03. The Kier molecular flexibility index (Phi) is 3.82. The molecule has 2 aromatic rings. The summed E-state index contributed by atoms with van der Waals surface area (Å²) >= 11 is 0. The number of furan rings is 1. The predicted octanol–water partition coefficient (Wildman–Crippen LogP) is 2.77. The lowest BCUT2D eigenvalue weighted by molar-refractivity contribution is 0.251. The molecule has 0 aliphatic rings. The largest absolute Gasteiger partial charge is 0.459 e. The molecule has 2 rings (SSSR count). The Bertz CT molecular complexity index is 486. The molecule has 0 amide bonds. The molecular formula is C14H19NO2. The lowest BCUT2D eigenvalue weighted by Crippen LogP contribution is -2.21. The van der Waals surface area contributed by atoms with Crippen molar-refractivity contribution in [3.8, 4) is 0 Å². The number of fused-ring (bicyclic) bond motifs is 1. The smallest absolute Gasteiger partial charge is 0.134 e. The molecule has 1 N–H and O–H groups in total. The summed E-state index contributed by atoms with van der Waals surface area (Å²) in [5.74, 6) is 0.625. The summed E-state index contributed by atoms with van der Waals surface area (Å²) in [6.45, 7) is 7.37. The minimum atomic E-state index is -0.0416. The fourth-order valence-electron chi connectivity index (χ4n) is 2.03. The molecule has 0 aliphatic heterocycles. The van der Waals surface area contributed by atoms with Crippen molar-refractivity contribution in [3.63, 3.8) is 0 Å². The van der Waals surface area contributed by atoms with Crippen LogP contribution in [-0.4, -0.2) is 23.1 Å². The first-order chi connectivity index (χ1) is 8.26. The van der Waals surface area contributed by atoms with Crippen molar-refractivity contribution < 1.29 is 9.52 Å². The van der Waals surface area contributed by atoms with Crippen molar-refractivity contribution in [2.75, 3.05) is 13.1 Å². The lowest BCUT2D eigenvalue weighted by Gasteiger charge is -2.17. The number of benzene rings is 1. The molecule has 0 saturated heterocycles. The molecule has 0 unspecified atom stereocenters. The summed E-state index contributed by atoms with van der Waals surface area (Å²) in [4.78, 5) is 2.37. The van der Waals surface area contributed by atoms with Gasteiger partial charge in [-0.25, -0.2) is 0 Å². The van der Waals surface area contributed by atoms with Gasteiger partial charge in [-0.15, -0.1) is 0 Å². The molecule has 0 aliphatic carbocycles. The number of rotatable bonds is 5. The van der Waals surface area contributed by atoms with Gasteiger partial charge >= 0.3 is 0 Å². The second-order valence-corrected chi connectivity index (χ2v) is 4.20. The molecule has 0 fully saturated rings. The van der Waals surface area contributed by atoms with Crippen molar-refractivity contribution in [2.24, 2.45) is 0 Å². The van der Waals surface area contributed by atoms with Gasteiger partial charge in [-0.1, -0.05) is 19.9 Å². The molecule has 0 bridgehead atoms. The second-order valence-electron chi connectivity index (χ2n) is 4.20. The van der Waals surface area contributed by atoms with Gasteiger partial charge in [-0.05, 0) is 36.9 Å². The van der Waals surface area contributed by atoms with Crippen LogP contribution < -0.4 is 0 Å². The van der Waals surface area contributed by atoms with E-state index in [-0.39, 0.29) is 6.61 Å². The first kappa shape index (κ1) is 12.1. The van der Waals surface area contributed by atoms with Gasteiger partial charge < -0.3 is 9.52 Å². The zero-order chi connectivity index (χ0) is 12.3. The minimum absolute atomic E-state index is 0.0416. The van der Waals surface area contributed by atoms with Crippen molar-refractivity contribution in [3.05, 3.63) is 35.6 Å². The predicted molar refractivity (Wildman–Crippen MR) is 68.8 cm³/mol. The molecule has 1 aromatic heterocycles. The van der Waals surface area contributed by atoms with Gasteiger partial charge in [0.25, 0.3) is 0 Å². The van der Waals surface area contributed by atoms with E-state index >= 15 is 0 Å². The zero-order valence-electron chi connectivity index (χ0n) is 10.4. The van der Waals surface area contributed by atoms with E-state index in [4.69, 9.17) is 9.52 Å². The average Bonchev–Trinajstić information content (AvgIpc) is 2.78. The Hall–Kier alpha value is -1.32. The van der Waals surface area contributed by atoms with Crippen LogP contribution in [0.2, 0.25) is 0 Å². The Morgan fingerprint density at radius 1 is 1.18 bits per heavy atom. The van der Waals surface area contributed by atoms with Crippen molar-refractivity contribution in [1.82, 2.24) is 4.90 Å². The van der Waals surface area contributed by atoms with Crippen molar-refractivity contribution in [2.45, 2.75) is 27.0 Å². The van der Waals surface area contributed by atoms with Gasteiger partial charge in [0.2, 0.25) is 0 Å². The fraction of sp³-hybridized carbons (Fsp3) is 0.429. The number of aliphatic hydroxyl groups is 1. The van der Waals surface area contributed by atoms with E-state index in [1.54, 1.807) is 0 Å². The number of nitrogens with zero attached hydrogens (tertiary/aromatic N) is 1. The molecule has 0 atom stereocenters. The van der Waals surface area contributed by atoms with E-state index in [0.717, 1.165) is 30.6 Å². The van der Waals surface area contributed by atoms with E-state index in [1.807, 2.05) is 12.1 Å². The Morgan fingerprint density at radius 3 is 2.59 bits per heavy atom. The van der Waals surface area contributed by atoms with Crippen LogP contribution in [0.25, 0.3) is 11.0 Å². The Labute approximate surface area is 102 Å². The number of aliphatic hydroxyl groups excluding tert-OH is 1. The zero-order valence-corrected chi connectivity index (χ0v) is 10.4. The monoisotopic (exact) mass is 233 g/mol. The van der Waals surface area contributed by atoms with Gasteiger partial charge in [0, 0.05) is 11.9 Å². The van der Waals surface area contributed by atoms with E-state index in [2.05, 4.69) is 30.9 Å². The molecule has 0 spiro atoms. The first-order valence-electron chi connectivity index (χ1n) is 6.11. The highest BCUT2D eigenvalue weighted by atomic mass is 16.4. The average molecular weight is 233 g/mol.